The highest BCUT2D eigenvalue weighted by Gasteiger charge is 2.25. The normalized spacial score (nSPS) is 16.9. The van der Waals surface area contributed by atoms with Crippen molar-refractivity contribution in [1.82, 2.24) is 4.90 Å². The van der Waals surface area contributed by atoms with Crippen molar-refractivity contribution >= 4 is 17.0 Å². The molecule has 0 amide bonds. The van der Waals surface area contributed by atoms with Crippen LogP contribution in [-0.4, -0.2) is 41.7 Å². The first-order chi connectivity index (χ1) is 16.1. The molecule has 33 heavy (non-hydrogen) atoms. The van der Waals surface area contributed by atoms with Gasteiger partial charge in [0.15, 0.2) is 5.75 Å². The van der Waals surface area contributed by atoms with Crippen LogP contribution in [0.5, 0.6) is 5.75 Å². The number of nitrogens with zero attached hydrogens (tertiary/aromatic N) is 2. The lowest BCUT2D eigenvalue weighted by Gasteiger charge is -2.34. The Morgan fingerprint density at radius 1 is 1.06 bits per heavy atom. The quantitative estimate of drug-likeness (QED) is 0.267. The standard InChI is InChI=1S/C26H30N2O4S/c1-20(31-24-11-6-5-10-23(24)28(29)30)13-16-27-17-14-22(15-18-27)32-26(25-12-7-19-33-25)21-8-3-2-4-9-21/h2-12,19-20,22,26H,13-18H2,1H3. The first-order valence-electron chi connectivity index (χ1n) is 11.5. The Balaban J connectivity index is 1.25. The van der Waals surface area contributed by atoms with Crippen LogP contribution in [0.25, 0.3) is 0 Å². The van der Waals surface area contributed by atoms with E-state index < -0.39 is 4.92 Å². The zero-order valence-corrected chi connectivity index (χ0v) is 19.7. The Morgan fingerprint density at radius 2 is 1.79 bits per heavy atom. The van der Waals surface area contributed by atoms with Crippen molar-refractivity contribution in [2.24, 2.45) is 0 Å². The predicted molar refractivity (Wildman–Crippen MR) is 131 cm³/mol. The molecular weight excluding hydrogens is 436 g/mol. The molecule has 0 bridgehead atoms. The Morgan fingerprint density at radius 3 is 2.48 bits per heavy atom. The molecule has 1 aliphatic rings. The van der Waals surface area contributed by atoms with E-state index in [9.17, 15) is 10.1 Å². The van der Waals surface area contributed by atoms with Crippen molar-refractivity contribution < 1.29 is 14.4 Å². The summed E-state index contributed by atoms with van der Waals surface area (Å²) in [5.74, 6) is 0.336. The molecular formula is C26H30N2O4S. The molecule has 1 aliphatic heterocycles. The molecule has 174 valence electrons. The maximum absolute atomic E-state index is 11.2. The maximum atomic E-state index is 11.2. The van der Waals surface area contributed by atoms with Gasteiger partial charge >= 0.3 is 5.69 Å². The molecule has 2 heterocycles. The van der Waals surface area contributed by atoms with Crippen molar-refractivity contribution in [2.45, 2.75) is 44.5 Å². The third-order valence-electron chi connectivity index (χ3n) is 6.01. The van der Waals surface area contributed by atoms with Crippen LogP contribution in [-0.2, 0) is 4.74 Å². The van der Waals surface area contributed by atoms with Gasteiger partial charge in [0.05, 0.1) is 17.1 Å². The molecule has 2 atom stereocenters. The van der Waals surface area contributed by atoms with E-state index in [4.69, 9.17) is 9.47 Å². The van der Waals surface area contributed by atoms with Crippen molar-refractivity contribution in [3.63, 3.8) is 0 Å². The number of thiophene rings is 1. The predicted octanol–water partition coefficient (Wildman–Crippen LogP) is 6.08. The van der Waals surface area contributed by atoms with E-state index in [0.717, 1.165) is 38.9 Å². The second-order valence-corrected chi connectivity index (χ2v) is 9.40. The second kappa shape index (κ2) is 11.4. The van der Waals surface area contributed by atoms with Crippen molar-refractivity contribution in [2.75, 3.05) is 19.6 Å². The van der Waals surface area contributed by atoms with Crippen LogP contribution >= 0.6 is 11.3 Å². The van der Waals surface area contributed by atoms with E-state index >= 15 is 0 Å². The van der Waals surface area contributed by atoms with Gasteiger partial charge in [-0.05, 0) is 49.3 Å². The van der Waals surface area contributed by atoms with Gasteiger partial charge in [-0.25, -0.2) is 0 Å². The lowest BCUT2D eigenvalue weighted by atomic mass is 10.0. The summed E-state index contributed by atoms with van der Waals surface area (Å²) in [5.41, 5.74) is 1.21. The van der Waals surface area contributed by atoms with Gasteiger partial charge in [0.25, 0.3) is 0 Å². The van der Waals surface area contributed by atoms with Gasteiger partial charge in [-0.1, -0.05) is 48.5 Å². The van der Waals surface area contributed by atoms with Gasteiger partial charge in [-0.3, -0.25) is 10.1 Å². The summed E-state index contributed by atoms with van der Waals surface area (Å²) >= 11 is 1.74. The summed E-state index contributed by atoms with van der Waals surface area (Å²) in [6.07, 6.45) is 2.93. The summed E-state index contributed by atoms with van der Waals surface area (Å²) < 4.78 is 12.5. The summed E-state index contributed by atoms with van der Waals surface area (Å²) in [6, 6.07) is 21.2. The number of rotatable bonds is 10. The largest absolute Gasteiger partial charge is 0.484 e. The minimum absolute atomic E-state index is 0.0148. The molecule has 6 nitrogen and oxygen atoms in total. The lowest BCUT2D eigenvalue weighted by Crippen LogP contribution is -2.39. The highest BCUT2D eigenvalue weighted by atomic mass is 32.1. The minimum Gasteiger partial charge on any atom is -0.484 e. The lowest BCUT2D eigenvalue weighted by molar-refractivity contribution is -0.386. The molecule has 1 aromatic heterocycles. The molecule has 2 aromatic carbocycles. The molecule has 1 saturated heterocycles. The highest BCUT2D eigenvalue weighted by Crippen LogP contribution is 2.33. The number of likely N-dealkylation sites (tertiary alicyclic amines) is 1. The van der Waals surface area contributed by atoms with E-state index in [2.05, 4.69) is 46.7 Å². The number of para-hydroxylation sites is 2. The monoisotopic (exact) mass is 466 g/mol. The van der Waals surface area contributed by atoms with Crippen molar-refractivity contribution in [1.29, 1.82) is 0 Å². The van der Waals surface area contributed by atoms with Gasteiger partial charge in [0.1, 0.15) is 6.10 Å². The molecule has 0 aliphatic carbocycles. The van der Waals surface area contributed by atoms with E-state index in [1.165, 1.54) is 16.5 Å². The molecule has 7 heteroatoms. The Labute approximate surface area is 198 Å². The van der Waals surface area contributed by atoms with Crippen LogP contribution in [0.15, 0.2) is 72.1 Å². The highest BCUT2D eigenvalue weighted by molar-refractivity contribution is 7.10. The smallest absolute Gasteiger partial charge is 0.310 e. The maximum Gasteiger partial charge on any atom is 0.310 e. The average Bonchev–Trinajstić information content (AvgIpc) is 3.37. The van der Waals surface area contributed by atoms with Crippen LogP contribution in [0, 0.1) is 10.1 Å². The van der Waals surface area contributed by atoms with Gasteiger partial charge in [-0.15, -0.1) is 11.3 Å². The fourth-order valence-corrected chi connectivity index (χ4v) is 4.97. The third-order valence-corrected chi connectivity index (χ3v) is 6.92. The molecule has 0 radical (unpaired) electrons. The van der Waals surface area contributed by atoms with E-state index in [-0.39, 0.29) is 24.0 Å². The van der Waals surface area contributed by atoms with Crippen LogP contribution in [0.3, 0.4) is 0 Å². The first kappa shape index (κ1) is 23.4. The van der Waals surface area contributed by atoms with Gasteiger partial charge in [0.2, 0.25) is 0 Å². The summed E-state index contributed by atoms with van der Waals surface area (Å²) in [6.45, 7) is 4.84. The fourth-order valence-electron chi connectivity index (χ4n) is 4.19. The van der Waals surface area contributed by atoms with Crippen molar-refractivity contribution in [3.8, 4) is 5.75 Å². The minimum atomic E-state index is -0.397. The molecule has 0 saturated carbocycles. The molecule has 2 unspecified atom stereocenters. The number of hydrogen-bond acceptors (Lipinski definition) is 6. The molecule has 0 spiro atoms. The fraction of sp³-hybridized carbons (Fsp3) is 0.385. The zero-order chi connectivity index (χ0) is 23.0. The summed E-state index contributed by atoms with van der Waals surface area (Å²) in [7, 11) is 0. The topological polar surface area (TPSA) is 64.8 Å². The average molecular weight is 467 g/mol. The number of ether oxygens (including phenoxy) is 2. The Hall–Kier alpha value is -2.74. The first-order valence-corrected chi connectivity index (χ1v) is 12.3. The number of hydrogen-bond donors (Lipinski definition) is 0. The van der Waals surface area contributed by atoms with Crippen LogP contribution < -0.4 is 4.74 Å². The SMILES string of the molecule is CC(CCN1CCC(OC(c2ccccc2)c2cccs2)CC1)Oc1ccccc1[N+](=O)[O-]. The summed E-state index contributed by atoms with van der Waals surface area (Å²) in [5, 5.41) is 13.3. The van der Waals surface area contributed by atoms with Gasteiger partial charge in [0, 0.05) is 30.6 Å². The molecule has 3 aromatic rings. The molecule has 4 rings (SSSR count). The van der Waals surface area contributed by atoms with Gasteiger partial charge in [-0.2, -0.15) is 0 Å². The Bertz CT molecular complexity index is 1000. The number of nitro groups is 1. The van der Waals surface area contributed by atoms with Crippen molar-refractivity contribution in [3.05, 3.63) is 92.7 Å². The number of benzene rings is 2. The molecule has 0 N–H and O–H groups in total. The molecule has 1 fully saturated rings. The van der Waals surface area contributed by atoms with Crippen LogP contribution in [0.2, 0.25) is 0 Å². The number of nitro benzene ring substituents is 1. The summed E-state index contributed by atoms with van der Waals surface area (Å²) in [4.78, 5) is 14.5. The number of piperidine rings is 1. The van der Waals surface area contributed by atoms with Crippen LogP contribution in [0.4, 0.5) is 5.69 Å². The third kappa shape index (κ3) is 6.41. The van der Waals surface area contributed by atoms with E-state index in [1.807, 2.05) is 13.0 Å². The van der Waals surface area contributed by atoms with E-state index in [0.29, 0.717) is 5.75 Å². The van der Waals surface area contributed by atoms with E-state index in [1.54, 1.807) is 29.5 Å². The zero-order valence-electron chi connectivity index (χ0n) is 18.8. The van der Waals surface area contributed by atoms with Gasteiger partial charge < -0.3 is 14.4 Å². The van der Waals surface area contributed by atoms with Crippen LogP contribution in [0.1, 0.15) is 42.7 Å². The Kier molecular flexibility index (Phi) is 8.10. The second-order valence-electron chi connectivity index (χ2n) is 8.43.